The van der Waals surface area contributed by atoms with Crippen LogP contribution in [-0.2, 0) is 15.9 Å². The molecule has 1 aliphatic heterocycles. The van der Waals surface area contributed by atoms with Crippen LogP contribution in [0.5, 0.6) is 0 Å². The molecule has 98 valence electrons. The molecule has 0 amide bonds. The summed E-state index contributed by atoms with van der Waals surface area (Å²) in [4.78, 5) is 0. The molecule has 1 aliphatic rings. The Bertz CT molecular complexity index is 391. The average Bonchev–Trinajstić information content (AvgIpc) is 2.37. The summed E-state index contributed by atoms with van der Waals surface area (Å²) in [6.07, 6.45) is 0.319. The monoisotopic (exact) mass is 254 g/mol. The lowest BCUT2D eigenvalue weighted by Crippen LogP contribution is -2.36. The Kier molecular flexibility index (Phi) is 4.09. The fourth-order valence-corrected chi connectivity index (χ4v) is 1.90. The van der Waals surface area contributed by atoms with Gasteiger partial charge in [0.1, 0.15) is 0 Å². The van der Waals surface area contributed by atoms with E-state index in [1.54, 1.807) is 0 Å². The molecule has 1 aromatic rings. The number of aryl methyl sites for hydroxylation is 1. The molecular weight excluding hydrogens is 238 g/mol. The molecule has 0 radical (unpaired) electrons. The molecule has 2 rings (SSSR count). The molecule has 0 N–H and O–H groups in total. The molecule has 0 atom stereocenters. The molecule has 0 spiro atoms. The summed E-state index contributed by atoms with van der Waals surface area (Å²) in [5.74, 6) is -0.127. The molecule has 0 aromatic heterocycles. The van der Waals surface area contributed by atoms with Gasteiger partial charge >= 0.3 is 6.29 Å². The maximum Gasteiger partial charge on any atom is 0.485 e. The Labute approximate surface area is 105 Å². The van der Waals surface area contributed by atoms with E-state index in [-0.39, 0.29) is 19.1 Å². The summed E-state index contributed by atoms with van der Waals surface area (Å²) in [5, 5.41) is 0. The van der Waals surface area contributed by atoms with Gasteiger partial charge in [-0.05, 0) is 24.0 Å². The van der Waals surface area contributed by atoms with Gasteiger partial charge < -0.3 is 0 Å². The highest BCUT2D eigenvalue weighted by molar-refractivity contribution is 5.26. The van der Waals surface area contributed by atoms with Gasteiger partial charge in [-0.15, -0.1) is 15.4 Å². The second kappa shape index (κ2) is 5.59. The van der Waals surface area contributed by atoms with Crippen LogP contribution in [-0.4, -0.2) is 19.5 Å². The molecule has 1 heterocycles. The number of alkyl halides is 2. The smallest absolute Gasteiger partial charge is 0.295 e. The number of ether oxygens (including phenoxy) is 2. The van der Waals surface area contributed by atoms with Crippen molar-refractivity contribution in [1.82, 2.24) is 0 Å². The summed E-state index contributed by atoms with van der Waals surface area (Å²) in [6, 6.07) is 7.90. The zero-order valence-corrected chi connectivity index (χ0v) is 10.1. The standard InChI is InChI=1S/C14H16F2O2/c1-2-3-4-11-5-7-12(8-6-11)13-9-17-14(15,16)18-10-13/h2,5-8,13H,1,3-4,9-10H2. The van der Waals surface area contributed by atoms with Crippen LogP contribution in [0.1, 0.15) is 23.5 Å². The summed E-state index contributed by atoms with van der Waals surface area (Å²) >= 11 is 0. The van der Waals surface area contributed by atoms with E-state index in [1.807, 2.05) is 30.3 Å². The predicted octanol–water partition coefficient (Wildman–Crippen LogP) is 3.49. The van der Waals surface area contributed by atoms with Gasteiger partial charge in [0, 0.05) is 5.92 Å². The van der Waals surface area contributed by atoms with Crippen molar-refractivity contribution in [3.8, 4) is 0 Å². The van der Waals surface area contributed by atoms with E-state index in [0.29, 0.717) is 0 Å². The summed E-state index contributed by atoms with van der Waals surface area (Å²) in [6.45, 7) is 3.65. The molecule has 0 bridgehead atoms. The maximum absolute atomic E-state index is 12.6. The zero-order chi connectivity index (χ0) is 13.0. The van der Waals surface area contributed by atoms with Crippen LogP contribution >= 0.6 is 0 Å². The van der Waals surface area contributed by atoms with Crippen molar-refractivity contribution < 1.29 is 18.3 Å². The third-order valence-electron chi connectivity index (χ3n) is 2.99. The van der Waals surface area contributed by atoms with E-state index in [1.165, 1.54) is 5.56 Å². The van der Waals surface area contributed by atoms with Crippen LogP contribution in [0.15, 0.2) is 36.9 Å². The summed E-state index contributed by atoms with van der Waals surface area (Å²) in [5.41, 5.74) is 2.18. The van der Waals surface area contributed by atoms with Gasteiger partial charge in [0.25, 0.3) is 0 Å². The van der Waals surface area contributed by atoms with Crippen molar-refractivity contribution in [1.29, 1.82) is 0 Å². The highest BCUT2D eigenvalue weighted by Crippen LogP contribution is 2.29. The largest absolute Gasteiger partial charge is 0.485 e. The first-order valence-corrected chi connectivity index (χ1v) is 5.96. The van der Waals surface area contributed by atoms with Crippen LogP contribution < -0.4 is 0 Å². The highest BCUT2D eigenvalue weighted by Gasteiger charge is 2.38. The van der Waals surface area contributed by atoms with Gasteiger partial charge in [-0.1, -0.05) is 30.3 Å². The first-order chi connectivity index (χ1) is 8.61. The Hall–Kier alpha value is -1.26. The SMILES string of the molecule is C=CCCc1ccc(C2COC(F)(F)OC2)cc1. The molecule has 4 heteroatoms. The van der Waals surface area contributed by atoms with Gasteiger partial charge in [-0.3, -0.25) is 9.47 Å². The van der Waals surface area contributed by atoms with Gasteiger partial charge in [-0.25, -0.2) is 0 Å². The third-order valence-corrected chi connectivity index (χ3v) is 2.99. The van der Waals surface area contributed by atoms with Crippen molar-refractivity contribution in [2.75, 3.05) is 13.2 Å². The minimum atomic E-state index is -3.43. The lowest BCUT2D eigenvalue weighted by Gasteiger charge is -2.28. The summed E-state index contributed by atoms with van der Waals surface area (Å²) < 4.78 is 34.0. The van der Waals surface area contributed by atoms with Gasteiger partial charge in [-0.2, -0.15) is 0 Å². The molecule has 18 heavy (non-hydrogen) atoms. The van der Waals surface area contributed by atoms with E-state index >= 15 is 0 Å². The fourth-order valence-electron chi connectivity index (χ4n) is 1.90. The van der Waals surface area contributed by atoms with Crippen LogP contribution in [0.25, 0.3) is 0 Å². The van der Waals surface area contributed by atoms with Crippen molar-refractivity contribution in [3.63, 3.8) is 0 Å². The minimum Gasteiger partial charge on any atom is -0.295 e. The number of hydrogen-bond donors (Lipinski definition) is 0. The first-order valence-electron chi connectivity index (χ1n) is 5.96. The lowest BCUT2D eigenvalue weighted by atomic mass is 9.98. The maximum atomic E-state index is 12.6. The molecular formula is C14H16F2O2. The van der Waals surface area contributed by atoms with E-state index in [9.17, 15) is 8.78 Å². The third kappa shape index (κ3) is 3.37. The van der Waals surface area contributed by atoms with E-state index in [4.69, 9.17) is 0 Å². The van der Waals surface area contributed by atoms with Gasteiger partial charge in [0.05, 0.1) is 13.2 Å². The second-order valence-electron chi connectivity index (χ2n) is 4.35. The topological polar surface area (TPSA) is 18.5 Å². The minimum absolute atomic E-state index is 0.0149. The Morgan fingerprint density at radius 3 is 2.39 bits per heavy atom. The highest BCUT2D eigenvalue weighted by atomic mass is 19.3. The van der Waals surface area contributed by atoms with Crippen LogP contribution in [0.2, 0.25) is 0 Å². The fraction of sp³-hybridized carbons (Fsp3) is 0.429. The van der Waals surface area contributed by atoms with Crippen molar-refractivity contribution in [2.45, 2.75) is 25.1 Å². The molecule has 2 nitrogen and oxygen atoms in total. The molecule has 0 saturated carbocycles. The predicted molar refractivity (Wildman–Crippen MR) is 64.6 cm³/mol. The molecule has 1 aromatic carbocycles. The Morgan fingerprint density at radius 2 is 1.83 bits per heavy atom. The Morgan fingerprint density at radius 1 is 1.22 bits per heavy atom. The number of hydrogen-bond acceptors (Lipinski definition) is 2. The lowest BCUT2D eigenvalue weighted by molar-refractivity contribution is -0.414. The number of allylic oxidation sites excluding steroid dienone is 1. The van der Waals surface area contributed by atoms with Crippen molar-refractivity contribution in [2.24, 2.45) is 0 Å². The average molecular weight is 254 g/mol. The number of halogens is 2. The molecule has 1 saturated heterocycles. The van der Waals surface area contributed by atoms with E-state index in [0.717, 1.165) is 18.4 Å². The normalized spacial score (nSPS) is 19.7. The van der Waals surface area contributed by atoms with Crippen LogP contribution in [0.3, 0.4) is 0 Å². The number of benzene rings is 1. The van der Waals surface area contributed by atoms with Crippen molar-refractivity contribution >= 4 is 0 Å². The quantitative estimate of drug-likeness (QED) is 0.766. The molecule has 0 unspecified atom stereocenters. The van der Waals surface area contributed by atoms with Gasteiger partial charge in [0.2, 0.25) is 0 Å². The van der Waals surface area contributed by atoms with Gasteiger partial charge in [0.15, 0.2) is 0 Å². The molecule has 0 aliphatic carbocycles. The van der Waals surface area contributed by atoms with Crippen molar-refractivity contribution in [3.05, 3.63) is 48.0 Å². The van der Waals surface area contributed by atoms with E-state index < -0.39 is 6.29 Å². The summed E-state index contributed by atoms with van der Waals surface area (Å²) in [7, 11) is 0. The van der Waals surface area contributed by atoms with Crippen LogP contribution in [0, 0.1) is 0 Å². The van der Waals surface area contributed by atoms with E-state index in [2.05, 4.69) is 16.1 Å². The molecule has 1 fully saturated rings. The Balaban J connectivity index is 1.95. The number of rotatable bonds is 4. The first kappa shape index (κ1) is 13.2. The second-order valence-corrected chi connectivity index (χ2v) is 4.35. The van der Waals surface area contributed by atoms with Crippen LogP contribution in [0.4, 0.5) is 8.78 Å². The zero-order valence-electron chi connectivity index (χ0n) is 10.1.